The predicted molar refractivity (Wildman–Crippen MR) is 92.2 cm³/mol. The molecule has 0 aliphatic heterocycles. The van der Waals surface area contributed by atoms with E-state index in [0.29, 0.717) is 17.2 Å². The van der Waals surface area contributed by atoms with E-state index in [0.717, 1.165) is 0 Å². The molecular weight excluding hydrogens is 344 g/mol. The van der Waals surface area contributed by atoms with E-state index in [1.165, 1.54) is 32.4 Å². The van der Waals surface area contributed by atoms with Crippen molar-refractivity contribution in [3.63, 3.8) is 0 Å². The summed E-state index contributed by atoms with van der Waals surface area (Å²) < 4.78 is 42.4. The maximum atomic E-state index is 12.2. The van der Waals surface area contributed by atoms with Crippen LogP contribution in [0.15, 0.2) is 47.6 Å². The predicted octanol–water partition coefficient (Wildman–Crippen LogP) is 1.46. The van der Waals surface area contributed by atoms with Gasteiger partial charge in [-0.2, -0.15) is 4.72 Å². The summed E-state index contributed by atoms with van der Waals surface area (Å²) in [5.41, 5.74) is 0. The van der Waals surface area contributed by atoms with Crippen LogP contribution in [0, 0.1) is 11.8 Å². The fourth-order valence-corrected chi connectivity index (χ4v) is 2.80. The standard InChI is InChI=1S/C17H18N2O5S/c1-22-16-8-7-15(12-17(16)23-2)25(20,21)19-10-3-4-11-24-14-6-5-9-18-13-14/h5-9,12-13,19H,10-11H2,1-2H3. The Labute approximate surface area is 147 Å². The highest BCUT2D eigenvalue weighted by molar-refractivity contribution is 7.89. The number of hydrogen-bond donors (Lipinski definition) is 1. The molecule has 0 saturated carbocycles. The molecule has 0 spiro atoms. The number of pyridine rings is 1. The van der Waals surface area contributed by atoms with Crippen molar-refractivity contribution < 1.29 is 22.6 Å². The first-order valence-electron chi connectivity index (χ1n) is 7.27. The van der Waals surface area contributed by atoms with Gasteiger partial charge in [0.2, 0.25) is 10.0 Å². The van der Waals surface area contributed by atoms with E-state index < -0.39 is 10.0 Å². The molecule has 2 aromatic rings. The van der Waals surface area contributed by atoms with Gasteiger partial charge < -0.3 is 14.2 Å². The van der Waals surface area contributed by atoms with E-state index in [1.54, 1.807) is 24.5 Å². The fraction of sp³-hybridized carbons (Fsp3) is 0.235. The smallest absolute Gasteiger partial charge is 0.241 e. The summed E-state index contributed by atoms with van der Waals surface area (Å²) in [7, 11) is -0.777. The Morgan fingerprint density at radius 2 is 1.92 bits per heavy atom. The summed E-state index contributed by atoms with van der Waals surface area (Å²) in [5.74, 6) is 6.81. The maximum absolute atomic E-state index is 12.2. The van der Waals surface area contributed by atoms with Crippen LogP contribution in [0.5, 0.6) is 17.2 Å². The van der Waals surface area contributed by atoms with Crippen LogP contribution < -0.4 is 18.9 Å². The van der Waals surface area contributed by atoms with E-state index in [2.05, 4.69) is 21.5 Å². The summed E-state index contributed by atoms with van der Waals surface area (Å²) in [6, 6.07) is 7.86. The van der Waals surface area contributed by atoms with Crippen molar-refractivity contribution in [3.8, 4) is 29.1 Å². The molecule has 0 aliphatic rings. The Morgan fingerprint density at radius 1 is 1.12 bits per heavy atom. The number of nitrogens with zero attached hydrogens (tertiary/aromatic N) is 1. The zero-order valence-electron chi connectivity index (χ0n) is 13.9. The van der Waals surface area contributed by atoms with Gasteiger partial charge in [-0.3, -0.25) is 4.98 Å². The van der Waals surface area contributed by atoms with Crippen LogP contribution in [0.4, 0.5) is 0 Å². The van der Waals surface area contributed by atoms with E-state index in [1.807, 2.05) is 0 Å². The number of hydrogen-bond acceptors (Lipinski definition) is 6. The minimum absolute atomic E-state index is 0.0346. The van der Waals surface area contributed by atoms with Crippen LogP contribution in [-0.2, 0) is 10.0 Å². The first kappa shape index (κ1) is 18.6. The van der Waals surface area contributed by atoms with Crippen LogP contribution in [0.25, 0.3) is 0 Å². The van der Waals surface area contributed by atoms with Crippen LogP contribution in [0.2, 0.25) is 0 Å². The van der Waals surface area contributed by atoms with E-state index in [4.69, 9.17) is 14.2 Å². The lowest BCUT2D eigenvalue weighted by atomic mass is 10.3. The average Bonchev–Trinajstić information content (AvgIpc) is 2.64. The zero-order valence-corrected chi connectivity index (χ0v) is 14.7. The third kappa shape index (κ3) is 5.38. The molecule has 1 aromatic carbocycles. The Morgan fingerprint density at radius 3 is 2.60 bits per heavy atom. The second-order valence-corrected chi connectivity index (χ2v) is 6.44. The van der Waals surface area contributed by atoms with Crippen molar-refractivity contribution in [3.05, 3.63) is 42.7 Å². The Hall–Kier alpha value is -2.76. The molecule has 0 saturated heterocycles. The summed E-state index contributed by atoms with van der Waals surface area (Å²) in [6.07, 6.45) is 3.21. The van der Waals surface area contributed by atoms with Gasteiger partial charge in [-0.25, -0.2) is 8.42 Å². The first-order chi connectivity index (χ1) is 12.1. The largest absolute Gasteiger partial charge is 0.493 e. The highest BCUT2D eigenvalue weighted by atomic mass is 32.2. The Balaban J connectivity index is 1.91. The molecule has 1 N–H and O–H groups in total. The second kappa shape index (κ2) is 8.92. The minimum Gasteiger partial charge on any atom is -0.493 e. The number of nitrogens with one attached hydrogen (secondary N) is 1. The number of sulfonamides is 1. The molecule has 1 aromatic heterocycles. The fourth-order valence-electron chi connectivity index (χ4n) is 1.86. The summed E-state index contributed by atoms with van der Waals surface area (Å²) >= 11 is 0. The average molecular weight is 362 g/mol. The monoisotopic (exact) mass is 362 g/mol. The molecule has 25 heavy (non-hydrogen) atoms. The Bertz CT molecular complexity index is 858. The van der Waals surface area contributed by atoms with Gasteiger partial charge in [0.05, 0.1) is 31.9 Å². The second-order valence-electron chi connectivity index (χ2n) is 4.67. The van der Waals surface area contributed by atoms with Crippen LogP contribution in [0.1, 0.15) is 0 Å². The zero-order chi connectivity index (χ0) is 18.1. The normalized spacial score (nSPS) is 10.5. The first-order valence-corrected chi connectivity index (χ1v) is 8.75. The van der Waals surface area contributed by atoms with E-state index in [9.17, 15) is 8.42 Å². The highest BCUT2D eigenvalue weighted by Crippen LogP contribution is 2.29. The number of ether oxygens (including phenoxy) is 3. The molecule has 0 radical (unpaired) electrons. The lowest BCUT2D eigenvalue weighted by molar-refractivity contribution is 0.354. The van der Waals surface area contributed by atoms with Crippen molar-refractivity contribution in [2.24, 2.45) is 0 Å². The summed E-state index contributed by atoms with van der Waals surface area (Å²) in [6.45, 7) is 0.108. The summed E-state index contributed by atoms with van der Waals surface area (Å²) in [5, 5.41) is 0. The van der Waals surface area contributed by atoms with Gasteiger partial charge in [0.25, 0.3) is 0 Å². The molecule has 2 rings (SSSR count). The molecule has 0 unspecified atom stereocenters. The van der Waals surface area contributed by atoms with Gasteiger partial charge in [-0.15, -0.1) is 0 Å². The molecule has 0 fully saturated rings. The van der Waals surface area contributed by atoms with E-state index >= 15 is 0 Å². The van der Waals surface area contributed by atoms with Crippen LogP contribution in [-0.4, -0.2) is 40.8 Å². The van der Waals surface area contributed by atoms with Crippen molar-refractivity contribution in [1.82, 2.24) is 9.71 Å². The number of methoxy groups -OCH3 is 2. The van der Waals surface area contributed by atoms with Crippen LogP contribution in [0.3, 0.4) is 0 Å². The number of benzene rings is 1. The minimum atomic E-state index is -3.70. The van der Waals surface area contributed by atoms with Gasteiger partial charge in [-0.05, 0) is 24.3 Å². The van der Waals surface area contributed by atoms with Crippen molar-refractivity contribution in [1.29, 1.82) is 0 Å². The molecular formula is C17H18N2O5S. The van der Waals surface area contributed by atoms with Crippen LogP contribution >= 0.6 is 0 Å². The summed E-state index contributed by atoms with van der Waals surface area (Å²) in [4.78, 5) is 3.98. The van der Waals surface area contributed by atoms with Crippen molar-refractivity contribution >= 4 is 10.0 Å². The van der Waals surface area contributed by atoms with Gasteiger partial charge in [-0.1, -0.05) is 11.8 Å². The SMILES string of the molecule is COc1ccc(S(=O)(=O)NCC#CCOc2cccnc2)cc1OC. The third-order valence-corrected chi connectivity index (χ3v) is 4.49. The molecule has 7 nitrogen and oxygen atoms in total. The molecule has 8 heteroatoms. The highest BCUT2D eigenvalue weighted by Gasteiger charge is 2.16. The van der Waals surface area contributed by atoms with E-state index in [-0.39, 0.29) is 18.0 Å². The number of aromatic nitrogens is 1. The van der Waals surface area contributed by atoms with Gasteiger partial charge >= 0.3 is 0 Å². The van der Waals surface area contributed by atoms with Crippen molar-refractivity contribution in [2.45, 2.75) is 4.90 Å². The molecule has 0 aliphatic carbocycles. The maximum Gasteiger partial charge on any atom is 0.241 e. The molecule has 0 bridgehead atoms. The lowest BCUT2D eigenvalue weighted by Crippen LogP contribution is -2.24. The quantitative estimate of drug-likeness (QED) is 0.751. The molecule has 132 valence electrons. The molecule has 0 amide bonds. The molecule has 0 atom stereocenters. The Kier molecular flexibility index (Phi) is 6.62. The van der Waals surface area contributed by atoms with Crippen molar-refractivity contribution in [2.75, 3.05) is 27.4 Å². The molecule has 1 heterocycles. The third-order valence-electron chi connectivity index (χ3n) is 3.09. The van der Waals surface area contributed by atoms with Gasteiger partial charge in [0.15, 0.2) is 11.5 Å². The topological polar surface area (TPSA) is 86.8 Å². The van der Waals surface area contributed by atoms with Gasteiger partial charge in [0, 0.05) is 12.3 Å². The number of rotatable bonds is 7. The lowest BCUT2D eigenvalue weighted by Gasteiger charge is -2.10. The van der Waals surface area contributed by atoms with Gasteiger partial charge in [0.1, 0.15) is 12.4 Å².